The molecular formula is C20H38O. The van der Waals surface area contributed by atoms with Gasteiger partial charge in [0.15, 0.2) is 0 Å². The molecule has 1 unspecified atom stereocenters. The van der Waals surface area contributed by atoms with Crippen molar-refractivity contribution in [3.63, 3.8) is 0 Å². The Balaban J connectivity index is 2.44. The van der Waals surface area contributed by atoms with E-state index in [0.29, 0.717) is 11.7 Å². The molecule has 1 aliphatic rings. The van der Waals surface area contributed by atoms with Crippen molar-refractivity contribution in [1.82, 2.24) is 0 Å². The molecule has 1 rings (SSSR count). The van der Waals surface area contributed by atoms with Gasteiger partial charge in [-0.15, -0.1) is 0 Å². The number of carbonyl (C=O) groups excluding carboxylic acids is 1. The van der Waals surface area contributed by atoms with Crippen LogP contribution in [0.1, 0.15) is 111 Å². The summed E-state index contributed by atoms with van der Waals surface area (Å²) in [4.78, 5) is 12.5. The Hall–Kier alpha value is -0.330. The highest BCUT2D eigenvalue weighted by atomic mass is 16.1. The molecule has 0 saturated heterocycles. The summed E-state index contributed by atoms with van der Waals surface area (Å²) < 4.78 is 0. The molecule has 1 saturated carbocycles. The van der Waals surface area contributed by atoms with E-state index in [0.717, 1.165) is 12.8 Å². The molecule has 0 heterocycles. The van der Waals surface area contributed by atoms with Gasteiger partial charge in [0.1, 0.15) is 5.78 Å². The Kier molecular flexibility index (Phi) is 9.27. The fourth-order valence-electron chi connectivity index (χ4n) is 3.46. The Bertz CT molecular complexity index is 280. The number of ketones is 1. The number of rotatable bonds is 0. The second kappa shape index (κ2) is 10.4. The Morgan fingerprint density at radius 2 is 1.10 bits per heavy atom. The monoisotopic (exact) mass is 294 g/mol. The van der Waals surface area contributed by atoms with Crippen molar-refractivity contribution in [3.05, 3.63) is 0 Å². The van der Waals surface area contributed by atoms with Gasteiger partial charge in [0.25, 0.3) is 0 Å². The van der Waals surface area contributed by atoms with Crippen molar-refractivity contribution >= 4 is 5.78 Å². The first-order valence-corrected chi connectivity index (χ1v) is 9.58. The first-order chi connectivity index (χ1) is 10.0. The molecule has 1 aliphatic carbocycles. The number of Topliss-reactive ketones (excluding diaryl/α,β-unsaturated/α-hetero) is 1. The molecule has 0 aromatic rings. The van der Waals surface area contributed by atoms with E-state index in [1.807, 2.05) is 0 Å². The number of hydrogen-bond donors (Lipinski definition) is 0. The zero-order valence-corrected chi connectivity index (χ0v) is 14.9. The van der Waals surface area contributed by atoms with Gasteiger partial charge >= 0.3 is 0 Å². The van der Waals surface area contributed by atoms with E-state index < -0.39 is 0 Å². The van der Waals surface area contributed by atoms with Crippen molar-refractivity contribution in [2.45, 2.75) is 111 Å². The van der Waals surface area contributed by atoms with Gasteiger partial charge in [0.05, 0.1) is 0 Å². The summed E-state index contributed by atoms with van der Waals surface area (Å²) in [5.74, 6) is 1.03. The lowest BCUT2D eigenvalue weighted by Crippen LogP contribution is -2.31. The van der Waals surface area contributed by atoms with Crippen LogP contribution in [0.15, 0.2) is 0 Å². The van der Waals surface area contributed by atoms with Crippen LogP contribution in [-0.4, -0.2) is 5.78 Å². The first-order valence-electron chi connectivity index (χ1n) is 9.58. The van der Waals surface area contributed by atoms with Crippen LogP contribution < -0.4 is 0 Å². The lowest BCUT2D eigenvalue weighted by molar-refractivity contribution is -0.129. The number of hydrogen-bond acceptors (Lipinski definition) is 1. The molecule has 0 amide bonds. The fraction of sp³-hybridized carbons (Fsp3) is 0.950. The minimum Gasteiger partial charge on any atom is -0.299 e. The minimum absolute atomic E-state index is 0.117. The lowest BCUT2D eigenvalue weighted by atomic mass is 9.73. The van der Waals surface area contributed by atoms with E-state index in [1.165, 1.54) is 77.0 Å². The van der Waals surface area contributed by atoms with Crippen LogP contribution in [0.5, 0.6) is 0 Å². The first kappa shape index (κ1) is 18.7. The third-order valence-corrected chi connectivity index (χ3v) is 5.74. The summed E-state index contributed by atoms with van der Waals surface area (Å²) in [5, 5.41) is 0. The number of carbonyl (C=O) groups is 1. The molecular weight excluding hydrogens is 256 g/mol. The maximum Gasteiger partial charge on any atom is 0.138 e. The largest absolute Gasteiger partial charge is 0.299 e. The van der Waals surface area contributed by atoms with Gasteiger partial charge in [-0.3, -0.25) is 4.79 Å². The summed E-state index contributed by atoms with van der Waals surface area (Å²) >= 11 is 0. The fourth-order valence-corrected chi connectivity index (χ4v) is 3.46. The van der Waals surface area contributed by atoms with Gasteiger partial charge in [-0.25, -0.2) is 0 Å². The summed E-state index contributed by atoms with van der Waals surface area (Å²) in [6.45, 7) is 6.63. The SMILES string of the molecule is CC1CCCCCCCCCCCCCCC(=O)C1(C)C. The van der Waals surface area contributed by atoms with Crippen molar-refractivity contribution in [1.29, 1.82) is 0 Å². The van der Waals surface area contributed by atoms with Gasteiger partial charge < -0.3 is 0 Å². The Morgan fingerprint density at radius 1 is 0.714 bits per heavy atom. The van der Waals surface area contributed by atoms with Crippen LogP contribution in [0, 0.1) is 11.3 Å². The van der Waals surface area contributed by atoms with E-state index >= 15 is 0 Å². The molecule has 0 spiro atoms. The predicted octanol–water partition coefficient (Wildman–Crippen LogP) is 6.69. The van der Waals surface area contributed by atoms with Gasteiger partial charge in [0, 0.05) is 11.8 Å². The molecule has 124 valence electrons. The van der Waals surface area contributed by atoms with Crippen LogP contribution in [0.3, 0.4) is 0 Å². The molecule has 21 heavy (non-hydrogen) atoms. The van der Waals surface area contributed by atoms with E-state index in [1.54, 1.807) is 0 Å². The van der Waals surface area contributed by atoms with Gasteiger partial charge in [0.2, 0.25) is 0 Å². The average molecular weight is 295 g/mol. The Morgan fingerprint density at radius 3 is 1.57 bits per heavy atom. The van der Waals surface area contributed by atoms with E-state index in [-0.39, 0.29) is 5.41 Å². The van der Waals surface area contributed by atoms with Crippen molar-refractivity contribution in [2.75, 3.05) is 0 Å². The van der Waals surface area contributed by atoms with Crippen molar-refractivity contribution in [2.24, 2.45) is 11.3 Å². The van der Waals surface area contributed by atoms with Crippen molar-refractivity contribution < 1.29 is 4.79 Å². The third kappa shape index (κ3) is 7.47. The molecule has 0 aromatic heterocycles. The van der Waals surface area contributed by atoms with E-state index in [2.05, 4.69) is 20.8 Å². The molecule has 1 atom stereocenters. The average Bonchev–Trinajstić information content (AvgIpc) is 2.46. The molecule has 0 bridgehead atoms. The molecule has 0 aliphatic heterocycles. The topological polar surface area (TPSA) is 17.1 Å². The highest BCUT2D eigenvalue weighted by Gasteiger charge is 2.32. The Labute approximate surface area is 133 Å². The van der Waals surface area contributed by atoms with Gasteiger partial charge in [-0.1, -0.05) is 91.4 Å². The quantitative estimate of drug-likeness (QED) is 0.486. The second-order valence-corrected chi connectivity index (χ2v) is 7.83. The van der Waals surface area contributed by atoms with E-state index in [9.17, 15) is 4.79 Å². The standard InChI is InChI=1S/C20H38O/c1-18-16-14-12-10-8-6-4-5-7-9-11-13-15-17-19(21)20(18,2)3/h18H,4-17H2,1-3H3. The maximum atomic E-state index is 12.5. The second-order valence-electron chi connectivity index (χ2n) is 7.83. The van der Waals surface area contributed by atoms with Gasteiger partial charge in [-0.05, 0) is 18.8 Å². The van der Waals surface area contributed by atoms with E-state index in [4.69, 9.17) is 0 Å². The summed E-state index contributed by atoms with van der Waals surface area (Å²) in [7, 11) is 0. The molecule has 0 radical (unpaired) electrons. The summed E-state index contributed by atoms with van der Waals surface area (Å²) in [6.07, 6.45) is 18.2. The van der Waals surface area contributed by atoms with Crippen LogP contribution in [0.4, 0.5) is 0 Å². The van der Waals surface area contributed by atoms with Gasteiger partial charge in [-0.2, -0.15) is 0 Å². The smallest absolute Gasteiger partial charge is 0.138 e. The molecule has 1 nitrogen and oxygen atoms in total. The summed E-state index contributed by atoms with van der Waals surface area (Å²) in [5.41, 5.74) is -0.117. The normalized spacial score (nSPS) is 28.0. The van der Waals surface area contributed by atoms with Crippen LogP contribution in [-0.2, 0) is 4.79 Å². The van der Waals surface area contributed by atoms with Crippen LogP contribution in [0.25, 0.3) is 0 Å². The predicted molar refractivity (Wildman–Crippen MR) is 92.6 cm³/mol. The third-order valence-electron chi connectivity index (χ3n) is 5.74. The summed E-state index contributed by atoms with van der Waals surface area (Å²) in [6, 6.07) is 0. The van der Waals surface area contributed by atoms with Crippen molar-refractivity contribution in [3.8, 4) is 0 Å². The minimum atomic E-state index is -0.117. The zero-order valence-electron chi connectivity index (χ0n) is 14.9. The maximum absolute atomic E-state index is 12.5. The highest BCUT2D eigenvalue weighted by molar-refractivity contribution is 5.84. The highest BCUT2D eigenvalue weighted by Crippen LogP contribution is 2.33. The lowest BCUT2D eigenvalue weighted by Gasteiger charge is -2.30. The van der Waals surface area contributed by atoms with Crippen LogP contribution >= 0.6 is 0 Å². The molecule has 0 N–H and O–H groups in total. The molecule has 1 heteroatoms. The molecule has 1 fully saturated rings. The zero-order chi connectivity index (χ0) is 15.6. The van der Waals surface area contributed by atoms with Crippen LogP contribution in [0.2, 0.25) is 0 Å². The molecule has 0 aromatic carbocycles.